The van der Waals surface area contributed by atoms with Gasteiger partial charge in [-0.05, 0) is 19.1 Å². The van der Waals surface area contributed by atoms with E-state index in [1.807, 2.05) is 0 Å². The van der Waals surface area contributed by atoms with Crippen LogP contribution in [0, 0.1) is 6.92 Å². The van der Waals surface area contributed by atoms with Gasteiger partial charge in [0, 0.05) is 12.5 Å². The molecule has 0 saturated carbocycles. The molecule has 0 unspecified atom stereocenters. The van der Waals surface area contributed by atoms with Crippen LogP contribution in [0.1, 0.15) is 23.2 Å². The van der Waals surface area contributed by atoms with Gasteiger partial charge in [0.05, 0.1) is 5.69 Å². The molecule has 4 heteroatoms. The number of rotatable bonds is 1. The van der Waals surface area contributed by atoms with Crippen molar-refractivity contribution in [2.75, 3.05) is 5.73 Å². The molecule has 1 aromatic carbocycles. The Morgan fingerprint density at radius 3 is 2.86 bits per heavy atom. The summed E-state index contributed by atoms with van der Waals surface area (Å²) in [4.78, 5) is 15.3. The maximum Gasteiger partial charge on any atom is 0.192 e. The number of carbonyl (C=O) groups is 1. The Hall–Kier alpha value is -1.84. The van der Waals surface area contributed by atoms with E-state index in [1.54, 1.807) is 19.1 Å². The predicted octanol–water partition coefficient (Wildman–Crippen LogP) is 1.92. The fraction of sp³-hybridized carbons (Fsp3) is 0.200. The molecule has 0 aliphatic heterocycles. The maximum atomic E-state index is 11.1. The highest BCUT2D eigenvalue weighted by molar-refractivity contribution is 6.00. The molecule has 4 nitrogen and oxygen atoms in total. The normalized spacial score (nSPS) is 10.7. The van der Waals surface area contributed by atoms with Crippen LogP contribution in [-0.2, 0) is 0 Å². The number of ketones is 1. The van der Waals surface area contributed by atoms with Gasteiger partial charge in [0.15, 0.2) is 17.3 Å². The largest absolute Gasteiger partial charge is 0.439 e. The number of oxazole rings is 1. The SMILES string of the molecule is CC(=O)c1cc(N)c2oc(C)nc2c1. The molecule has 0 atom stereocenters. The predicted molar refractivity (Wildman–Crippen MR) is 53.2 cm³/mol. The molecular weight excluding hydrogens is 180 g/mol. The molecule has 0 bridgehead atoms. The van der Waals surface area contributed by atoms with Gasteiger partial charge in [0.1, 0.15) is 5.52 Å². The van der Waals surface area contributed by atoms with E-state index in [2.05, 4.69) is 4.98 Å². The summed E-state index contributed by atoms with van der Waals surface area (Å²) in [6.07, 6.45) is 0. The van der Waals surface area contributed by atoms with E-state index >= 15 is 0 Å². The van der Waals surface area contributed by atoms with Crippen molar-refractivity contribution in [2.24, 2.45) is 0 Å². The van der Waals surface area contributed by atoms with Crippen molar-refractivity contribution in [3.63, 3.8) is 0 Å². The van der Waals surface area contributed by atoms with Gasteiger partial charge in [0.2, 0.25) is 0 Å². The van der Waals surface area contributed by atoms with Gasteiger partial charge in [-0.1, -0.05) is 0 Å². The van der Waals surface area contributed by atoms with E-state index in [0.717, 1.165) is 0 Å². The molecule has 14 heavy (non-hydrogen) atoms. The molecule has 0 spiro atoms. The highest BCUT2D eigenvalue weighted by Crippen LogP contribution is 2.23. The lowest BCUT2D eigenvalue weighted by Gasteiger charge is -1.97. The number of benzene rings is 1. The molecule has 0 aliphatic rings. The van der Waals surface area contributed by atoms with Crippen LogP contribution in [0.2, 0.25) is 0 Å². The number of nitrogen functional groups attached to an aromatic ring is 1. The quantitative estimate of drug-likeness (QED) is 0.551. The number of hydrogen-bond donors (Lipinski definition) is 1. The van der Waals surface area contributed by atoms with E-state index in [0.29, 0.717) is 28.2 Å². The van der Waals surface area contributed by atoms with Gasteiger partial charge in [-0.3, -0.25) is 4.79 Å². The zero-order chi connectivity index (χ0) is 10.3. The monoisotopic (exact) mass is 190 g/mol. The molecule has 0 amide bonds. The summed E-state index contributed by atoms with van der Waals surface area (Å²) in [7, 11) is 0. The third-order valence-electron chi connectivity index (χ3n) is 2.03. The van der Waals surface area contributed by atoms with E-state index in [1.165, 1.54) is 6.92 Å². The molecule has 1 heterocycles. The summed E-state index contributed by atoms with van der Waals surface area (Å²) >= 11 is 0. The molecule has 1 aromatic heterocycles. The first kappa shape index (κ1) is 8.74. The molecule has 0 radical (unpaired) electrons. The average Bonchev–Trinajstić information content (AvgIpc) is 2.45. The average molecular weight is 190 g/mol. The van der Waals surface area contributed by atoms with Crippen LogP contribution in [0.5, 0.6) is 0 Å². The number of nitrogens with zero attached hydrogens (tertiary/aromatic N) is 1. The number of aromatic nitrogens is 1. The van der Waals surface area contributed by atoms with Crippen LogP contribution in [0.4, 0.5) is 5.69 Å². The lowest BCUT2D eigenvalue weighted by molar-refractivity contribution is 0.101. The van der Waals surface area contributed by atoms with Crippen LogP contribution in [-0.4, -0.2) is 10.8 Å². The Bertz CT molecular complexity index is 514. The van der Waals surface area contributed by atoms with E-state index in [9.17, 15) is 4.79 Å². The van der Waals surface area contributed by atoms with Crippen molar-refractivity contribution in [1.82, 2.24) is 4.98 Å². The topological polar surface area (TPSA) is 69.1 Å². The first-order chi connectivity index (χ1) is 6.58. The van der Waals surface area contributed by atoms with Crippen molar-refractivity contribution in [3.8, 4) is 0 Å². The van der Waals surface area contributed by atoms with E-state index in [-0.39, 0.29) is 5.78 Å². The number of fused-ring (bicyclic) bond motifs is 1. The second-order valence-electron chi connectivity index (χ2n) is 3.20. The standard InChI is InChI=1S/C10H10N2O2/c1-5(13)7-3-8(11)10-9(4-7)12-6(2)14-10/h3-4H,11H2,1-2H3. The van der Waals surface area contributed by atoms with Crippen molar-refractivity contribution in [3.05, 3.63) is 23.6 Å². The first-order valence-electron chi connectivity index (χ1n) is 4.25. The van der Waals surface area contributed by atoms with E-state index in [4.69, 9.17) is 10.2 Å². The number of aryl methyl sites for hydroxylation is 1. The highest BCUT2D eigenvalue weighted by Gasteiger charge is 2.09. The zero-order valence-corrected chi connectivity index (χ0v) is 8.00. The zero-order valence-electron chi connectivity index (χ0n) is 8.00. The smallest absolute Gasteiger partial charge is 0.192 e. The minimum Gasteiger partial charge on any atom is -0.439 e. The molecular formula is C10H10N2O2. The van der Waals surface area contributed by atoms with Gasteiger partial charge < -0.3 is 10.2 Å². The minimum absolute atomic E-state index is 0.0285. The Morgan fingerprint density at radius 2 is 2.21 bits per heavy atom. The molecule has 72 valence electrons. The fourth-order valence-electron chi connectivity index (χ4n) is 1.37. The number of nitrogens with two attached hydrogens (primary N) is 1. The molecule has 0 saturated heterocycles. The molecule has 2 N–H and O–H groups in total. The van der Waals surface area contributed by atoms with Crippen LogP contribution in [0.25, 0.3) is 11.1 Å². The number of Topliss-reactive ketones (excluding diaryl/α,β-unsaturated/α-hetero) is 1. The van der Waals surface area contributed by atoms with Crippen molar-refractivity contribution >= 4 is 22.6 Å². The second kappa shape index (κ2) is 2.83. The van der Waals surface area contributed by atoms with Crippen LogP contribution < -0.4 is 5.73 Å². The highest BCUT2D eigenvalue weighted by atomic mass is 16.3. The number of hydrogen-bond acceptors (Lipinski definition) is 4. The molecule has 0 aliphatic carbocycles. The van der Waals surface area contributed by atoms with Crippen molar-refractivity contribution in [2.45, 2.75) is 13.8 Å². The lowest BCUT2D eigenvalue weighted by atomic mass is 10.1. The number of carbonyl (C=O) groups excluding carboxylic acids is 1. The van der Waals surface area contributed by atoms with Gasteiger partial charge in [0.25, 0.3) is 0 Å². The van der Waals surface area contributed by atoms with E-state index < -0.39 is 0 Å². The summed E-state index contributed by atoms with van der Waals surface area (Å²) in [5, 5.41) is 0. The second-order valence-corrected chi connectivity index (χ2v) is 3.20. The Labute approximate surface area is 80.7 Å². The van der Waals surface area contributed by atoms with Crippen molar-refractivity contribution < 1.29 is 9.21 Å². The summed E-state index contributed by atoms with van der Waals surface area (Å²) < 4.78 is 5.29. The first-order valence-corrected chi connectivity index (χ1v) is 4.25. The van der Waals surface area contributed by atoms with Crippen LogP contribution >= 0.6 is 0 Å². The van der Waals surface area contributed by atoms with Gasteiger partial charge in [-0.15, -0.1) is 0 Å². The Morgan fingerprint density at radius 1 is 1.50 bits per heavy atom. The molecule has 0 fully saturated rings. The van der Waals surface area contributed by atoms with Crippen molar-refractivity contribution in [1.29, 1.82) is 0 Å². The maximum absolute atomic E-state index is 11.1. The summed E-state index contributed by atoms with van der Waals surface area (Å²) in [6, 6.07) is 3.29. The molecule has 2 rings (SSSR count). The minimum atomic E-state index is -0.0285. The Kier molecular flexibility index (Phi) is 1.77. The lowest BCUT2D eigenvalue weighted by Crippen LogP contribution is -1.94. The van der Waals surface area contributed by atoms with Gasteiger partial charge in [-0.25, -0.2) is 4.98 Å². The van der Waals surface area contributed by atoms with Gasteiger partial charge in [-0.2, -0.15) is 0 Å². The third-order valence-corrected chi connectivity index (χ3v) is 2.03. The molecule has 2 aromatic rings. The Balaban J connectivity index is 2.77. The number of anilines is 1. The summed E-state index contributed by atoms with van der Waals surface area (Å²) in [6.45, 7) is 3.24. The van der Waals surface area contributed by atoms with Crippen LogP contribution in [0.15, 0.2) is 16.5 Å². The van der Waals surface area contributed by atoms with Gasteiger partial charge >= 0.3 is 0 Å². The third kappa shape index (κ3) is 1.25. The fourth-order valence-corrected chi connectivity index (χ4v) is 1.37. The summed E-state index contributed by atoms with van der Waals surface area (Å²) in [5.74, 6) is 0.520. The summed E-state index contributed by atoms with van der Waals surface area (Å²) in [5.41, 5.74) is 7.91. The van der Waals surface area contributed by atoms with Crippen LogP contribution in [0.3, 0.4) is 0 Å².